The Balaban J connectivity index is 2.08. The standard InChI is InChI=1S/C12H16N2O3/c1-8(13)7-14-12(15)9-2-3-10-11(6-9)17-5-4-16-10/h2-3,6,8H,4-5,7,13H2,1H3,(H,14,15). The molecule has 1 aliphatic heterocycles. The van der Waals surface area contributed by atoms with Gasteiger partial charge in [-0.1, -0.05) is 0 Å². The zero-order valence-electron chi connectivity index (χ0n) is 9.73. The van der Waals surface area contributed by atoms with Crippen LogP contribution >= 0.6 is 0 Å². The number of amides is 1. The average molecular weight is 236 g/mol. The number of nitrogens with two attached hydrogens (primary N) is 1. The van der Waals surface area contributed by atoms with Gasteiger partial charge in [0.2, 0.25) is 0 Å². The monoisotopic (exact) mass is 236 g/mol. The summed E-state index contributed by atoms with van der Waals surface area (Å²) in [6.07, 6.45) is 0. The van der Waals surface area contributed by atoms with E-state index in [9.17, 15) is 4.79 Å². The fourth-order valence-electron chi connectivity index (χ4n) is 1.54. The van der Waals surface area contributed by atoms with E-state index in [2.05, 4.69) is 5.32 Å². The fourth-order valence-corrected chi connectivity index (χ4v) is 1.54. The van der Waals surface area contributed by atoms with Crippen molar-refractivity contribution in [1.29, 1.82) is 0 Å². The van der Waals surface area contributed by atoms with Crippen molar-refractivity contribution in [1.82, 2.24) is 5.32 Å². The lowest BCUT2D eigenvalue weighted by molar-refractivity contribution is 0.0950. The highest BCUT2D eigenvalue weighted by atomic mass is 16.6. The maximum atomic E-state index is 11.8. The van der Waals surface area contributed by atoms with Gasteiger partial charge in [-0.2, -0.15) is 0 Å². The van der Waals surface area contributed by atoms with Crippen LogP contribution in [0, 0.1) is 0 Å². The van der Waals surface area contributed by atoms with Gasteiger partial charge in [0.1, 0.15) is 13.2 Å². The summed E-state index contributed by atoms with van der Waals surface area (Å²) in [6.45, 7) is 3.35. The van der Waals surface area contributed by atoms with Crippen LogP contribution < -0.4 is 20.5 Å². The molecule has 1 aliphatic rings. The Morgan fingerprint density at radius 3 is 2.82 bits per heavy atom. The topological polar surface area (TPSA) is 73.6 Å². The predicted octanol–water partition coefficient (Wildman–Crippen LogP) is 0.535. The molecule has 1 unspecified atom stereocenters. The molecule has 3 N–H and O–H groups in total. The average Bonchev–Trinajstić information content (AvgIpc) is 2.35. The van der Waals surface area contributed by atoms with Gasteiger partial charge in [0.05, 0.1) is 0 Å². The molecule has 2 rings (SSSR count). The van der Waals surface area contributed by atoms with E-state index in [0.717, 1.165) is 0 Å². The van der Waals surface area contributed by atoms with Gasteiger partial charge in [0.15, 0.2) is 11.5 Å². The van der Waals surface area contributed by atoms with Gasteiger partial charge in [-0.05, 0) is 25.1 Å². The number of fused-ring (bicyclic) bond motifs is 1. The van der Waals surface area contributed by atoms with Crippen molar-refractivity contribution >= 4 is 5.91 Å². The third-order valence-electron chi connectivity index (χ3n) is 2.39. The van der Waals surface area contributed by atoms with Crippen LogP contribution in [0.15, 0.2) is 18.2 Å². The zero-order valence-corrected chi connectivity index (χ0v) is 9.73. The van der Waals surface area contributed by atoms with Gasteiger partial charge in [0, 0.05) is 18.2 Å². The van der Waals surface area contributed by atoms with E-state index in [0.29, 0.717) is 36.8 Å². The molecule has 5 heteroatoms. The SMILES string of the molecule is CC(N)CNC(=O)c1ccc2c(c1)OCCO2. The van der Waals surface area contributed by atoms with Crippen molar-refractivity contribution < 1.29 is 14.3 Å². The largest absolute Gasteiger partial charge is 0.486 e. The third-order valence-corrected chi connectivity index (χ3v) is 2.39. The minimum Gasteiger partial charge on any atom is -0.486 e. The molecule has 1 amide bonds. The Kier molecular flexibility index (Phi) is 3.49. The van der Waals surface area contributed by atoms with E-state index >= 15 is 0 Å². The van der Waals surface area contributed by atoms with E-state index in [1.54, 1.807) is 18.2 Å². The lowest BCUT2D eigenvalue weighted by Crippen LogP contribution is -2.35. The molecule has 1 aromatic carbocycles. The van der Waals surface area contributed by atoms with E-state index in [1.807, 2.05) is 6.92 Å². The van der Waals surface area contributed by atoms with Crippen LogP contribution in [0.1, 0.15) is 17.3 Å². The van der Waals surface area contributed by atoms with Crippen LogP contribution in [0.3, 0.4) is 0 Å². The minimum atomic E-state index is -0.153. The molecule has 0 aliphatic carbocycles. The zero-order chi connectivity index (χ0) is 12.3. The van der Waals surface area contributed by atoms with Crippen LogP contribution in [0.2, 0.25) is 0 Å². The number of nitrogens with one attached hydrogen (secondary N) is 1. The molecule has 0 saturated carbocycles. The van der Waals surface area contributed by atoms with Crippen molar-refractivity contribution in [2.45, 2.75) is 13.0 Å². The molecular formula is C12H16N2O3. The van der Waals surface area contributed by atoms with Crippen LogP contribution in [0.4, 0.5) is 0 Å². The van der Waals surface area contributed by atoms with Gasteiger partial charge >= 0.3 is 0 Å². The summed E-state index contributed by atoms with van der Waals surface area (Å²) < 4.78 is 10.8. The summed E-state index contributed by atoms with van der Waals surface area (Å²) in [5.41, 5.74) is 6.12. The Hall–Kier alpha value is -1.75. The summed E-state index contributed by atoms with van der Waals surface area (Å²) in [7, 11) is 0. The maximum Gasteiger partial charge on any atom is 0.251 e. The molecule has 0 aromatic heterocycles. The first-order valence-electron chi connectivity index (χ1n) is 5.60. The highest BCUT2D eigenvalue weighted by Crippen LogP contribution is 2.30. The molecule has 0 fully saturated rings. The molecule has 92 valence electrons. The smallest absolute Gasteiger partial charge is 0.251 e. The molecule has 0 radical (unpaired) electrons. The second-order valence-corrected chi connectivity index (χ2v) is 4.05. The van der Waals surface area contributed by atoms with Crippen molar-refractivity contribution in [3.8, 4) is 11.5 Å². The number of rotatable bonds is 3. The normalized spacial score (nSPS) is 15.2. The Labute approximate surface area is 99.9 Å². The number of hydrogen-bond acceptors (Lipinski definition) is 4. The van der Waals surface area contributed by atoms with Crippen molar-refractivity contribution in [3.63, 3.8) is 0 Å². The van der Waals surface area contributed by atoms with Gasteiger partial charge in [-0.15, -0.1) is 0 Å². The summed E-state index contributed by atoms with van der Waals surface area (Å²) in [5, 5.41) is 2.74. The van der Waals surface area contributed by atoms with E-state index < -0.39 is 0 Å². The van der Waals surface area contributed by atoms with Gasteiger partial charge < -0.3 is 20.5 Å². The maximum absolute atomic E-state index is 11.8. The number of carbonyl (C=O) groups excluding carboxylic acids is 1. The Bertz CT molecular complexity index is 418. The molecule has 17 heavy (non-hydrogen) atoms. The van der Waals surface area contributed by atoms with Crippen LogP contribution in [-0.2, 0) is 0 Å². The first-order valence-corrected chi connectivity index (χ1v) is 5.60. The first-order chi connectivity index (χ1) is 8.16. The van der Waals surface area contributed by atoms with Crippen LogP contribution in [-0.4, -0.2) is 31.7 Å². The summed E-state index contributed by atoms with van der Waals surface area (Å²) in [6, 6.07) is 5.08. The molecule has 1 heterocycles. The number of benzene rings is 1. The van der Waals surface area contributed by atoms with Gasteiger partial charge in [0.25, 0.3) is 5.91 Å². The van der Waals surface area contributed by atoms with E-state index in [1.165, 1.54) is 0 Å². The lowest BCUT2D eigenvalue weighted by Gasteiger charge is -2.18. The lowest BCUT2D eigenvalue weighted by atomic mass is 10.1. The summed E-state index contributed by atoms with van der Waals surface area (Å²) in [5.74, 6) is 1.14. The third kappa shape index (κ3) is 2.88. The summed E-state index contributed by atoms with van der Waals surface area (Å²) >= 11 is 0. The van der Waals surface area contributed by atoms with E-state index in [4.69, 9.17) is 15.2 Å². The molecule has 1 atom stereocenters. The molecular weight excluding hydrogens is 220 g/mol. The second-order valence-electron chi connectivity index (χ2n) is 4.05. The molecule has 0 bridgehead atoms. The second kappa shape index (κ2) is 5.05. The molecule has 5 nitrogen and oxygen atoms in total. The Morgan fingerprint density at radius 1 is 1.41 bits per heavy atom. The predicted molar refractivity (Wildman–Crippen MR) is 63.4 cm³/mol. The fraction of sp³-hybridized carbons (Fsp3) is 0.417. The van der Waals surface area contributed by atoms with Crippen LogP contribution in [0.5, 0.6) is 11.5 Å². The quantitative estimate of drug-likeness (QED) is 0.803. The molecule has 0 saturated heterocycles. The van der Waals surface area contributed by atoms with Gasteiger partial charge in [-0.25, -0.2) is 0 Å². The molecule has 1 aromatic rings. The molecule has 0 spiro atoms. The van der Waals surface area contributed by atoms with Crippen molar-refractivity contribution in [3.05, 3.63) is 23.8 Å². The van der Waals surface area contributed by atoms with Crippen molar-refractivity contribution in [2.75, 3.05) is 19.8 Å². The summed E-state index contributed by atoms with van der Waals surface area (Å²) in [4.78, 5) is 11.8. The van der Waals surface area contributed by atoms with Crippen LogP contribution in [0.25, 0.3) is 0 Å². The number of carbonyl (C=O) groups is 1. The number of ether oxygens (including phenoxy) is 2. The van der Waals surface area contributed by atoms with Crippen molar-refractivity contribution in [2.24, 2.45) is 5.73 Å². The Morgan fingerprint density at radius 2 is 2.12 bits per heavy atom. The van der Waals surface area contributed by atoms with Gasteiger partial charge in [-0.3, -0.25) is 4.79 Å². The number of hydrogen-bond donors (Lipinski definition) is 2. The highest BCUT2D eigenvalue weighted by molar-refractivity contribution is 5.94. The minimum absolute atomic E-state index is 0.0591. The first kappa shape index (κ1) is 11.7. The highest BCUT2D eigenvalue weighted by Gasteiger charge is 2.14. The van der Waals surface area contributed by atoms with E-state index in [-0.39, 0.29) is 11.9 Å².